The van der Waals surface area contributed by atoms with Gasteiger partial charge in [0.1, 0.15) is 0 Å². The molecule has 0 spiro atoms. The molecule has 0 aromatic carbocycles. The van der Waals surface area contributed by atoms with Crippen LogP contribution in [0.1, 0.15) is 18.9 Å². The quantitative estimate of drug-likeness (QED) is 0.410. The Morgan fingerprint density at radius 1 is 1.26 bits per heavy atom. The summed E-state index contributed by atoms with van der Waals surface area (Å²) in [6.07, 6.45) is 6.51. The zero-order valence-electron chi connectivity index (χ0n) is 16.0. The zero-order chi connectivity index (χ0) is 18.7. The fourth-order valence-corrected chi connectivity index (χ4v) is 2.93. The molecule has 146 valence electrons. The zero-order valence-corrected chi connectivity index (χ0v) is 16.0. The van der Waals surface area contributed by atoms with E-state index in [-0.39, 0.29) is 0 Å². The first kappa shape index (κ1) is 19.3. The lowest BCUT2D eigenvalue weighted by atomic mass is 10.2. The number of guanidine groups is 1. The van der Waals surface area contributed by atoms with E-state index in [9.17, 15) is 0 Å². The number of nitrogens with zero attached hydrogens (tertiary/aromatic N) is 5. The Hall–Kier alpha value is -2.45. The van der Waals surface area contributed by atoms with Crippen molar-refractivity contribution in [2.24, 2.45) is 4.99 Å². The second kappa shape index (κ2) is 10.6. The van der Waals surface area contributed by atoms with E-state index in [0.29, 0.717) is 6.54 Å². The summed E-state index contributed by atoms with van der Waals surface area (Å²) in [7, 11) is 0. The monoisotopic (exact) mass is 371 g/mol. The van der Waals surface area contributed by atoms with E-state index in [4.69, 9.17) is 9.73 Å². The van der Waals surface area contributed by atoms with E-state index in [2.05, 4.69) is 32.5 Å². The number of aliphatic imine (C=N–C) groups is 1. The van der Waals surface area contributed by atoms with Gasteiger partial charge in [-0.25, -0.2) is 14.7 Å². The van der Waals surface area contributed by atoms with Crippen LogP contribution in [0.4, 0.5) is 0 Å². The minimum absolute atomic E-state index is 0.593. The predicted octanol–water partition coefficient (Wildman–Crippen LogP) is 1.04. The largest absolute Gasteiger partial charge is 0.379 e. The van der Waals surface area contributed by atoms with Crippen LogP contribution in [0.3, 0.4) is 0 Å². The number of hydrogen-bond acceptors (Lipinski definition) is 5. The van der Waals surface area contributed by atoms with Gasteiger partial charge in [-0.15, -0.1) is 0 Å². The SMILES string of the molecule is CCNC(=NCc1ccnc(-n2cccn2)c1)NCCCN1CCOCC1. The molecule has 0 bridgehead atoms. The van der Waals surface area contributed by atoms with Gasteiger partial charge in [0.05, 0.1) is 19.8 Å². The Morgan fingerprint density at radius 3 is 2.93 bits per heavy atom. The second-order valence-electron chi connectivity index (χ2n) is 6.40. The fraction of sp³-hybridized carbons (Fsp3) is 0.526. The average molecular weight is 371 g/mol. The van der Waals surface area contributed by atoms with E-state index in [1.807, 2.05) is 24.4 Å². The number of aromatic nitrogens is 3. The number of rotatable bonds is 8. The van der Waals surface area contributed by atoms with Crippen molar-refractivity contribution < 1.29 is 4.74 Å². The Morgan fingerprint density at radius 2 is 2.15 bits per heavy atom. The maximum atomic E-state index is 5.39. The number of pyridine rings is 1. The summed E-state index contributed by atoms with van der Waals surface area (Å²) in [5.74, 6) is 1.65. The third-order valence-electron chi connectivity index (χ3n) is 4.36. The molecule has 2 aromatic rings. The summed E-state index contributed by atoms with van der Waals surface area (Å²) in [6.45, 7) is 9.27. The minimum Gasteiger partial charge on any atom is -0.379 e. The fourth-order valence-electron chi connectivity index (χ4n) is 2.93. The van der Waals surface area contributed by atoms with Crippen LogP contribution >= 0.6 is 0 Å². The van der Waals surface area contributed by atoms with E-state index in [0.717, 1.165) is 69.7 Å². The molecule has 1 aliphatic rings. The van der Waals surface area contributed by atoms with Gasteiger partial charge in [0.2, 0.25) is 0 Å². The lowest BCUT2D eigenvalue weighted by molar-refractivity contribution is 0.0376. The maximum Gasteiger partial charge on any atom is 0.191 e. The molecule has 3 rings (SSSR count). The highest BCUT2D eigenvalue weighted by Crippen LogP contribution is 2.07. The summed E-state index contributed by atoms with van der Waals surface area (Å²) in [6, 6.07) is 5.88. The lowest BCUT2D eigenvalue weighted by Crippen LogP contribution is -2.40. The van der Waals surface area contributed by atoms with Gasteiger partial charge >= 0.3 is 0 Å². The molecule has 8 nitrogen and oxygen atoms in total. The average Bonchev–Trinajstić information content (AvgIpc) is 3.25. The summed E-state index contributed by atoms with van der Waals surface area (Å²) in [5, 5.41) is 10.9. The van der Waals surface area contributed by atoms with Crippen molar-refractivity contribution in [2.45, 2.75) is 19.9 Å². The molecule has 0 unspecified atom stereocenters. The molecule has 3 heterocycles. The highest BCUT2D eigenvalue weighted by Gasteiger charge is 2.09. The van der Waals surface area contributed by atoms with Crippen molar-refractivity contribution in [3.05, 3.63) is 42.4 Å². The van der Waals surface area contributed by atoms with Crippen molar-refractivity contribution in [1.29, 1.82) is 0 Å². The van der Waals surface area contributed by atoms with Crippen LogP contribution in [0.15, 0.2) is 41.8 Å². The number of nitrogens with one attached hydrogen (secondary N) is 2. The first-order valence-electron chi connectivity index (χ1n) is 9.62. The van der Waals surface area contributed by atoms with Gasteiger partial charge in [-0.05, 0) is 43.7 Å². The van der Waals surface area contributed by atoms with Crippen LogP contribution in [0.2, 0.25) is 0 Å². The molecule has 2 N–H and O–H groups in total. The normalized spacial score (nSPS) is 15.7. The number of morpholine rings is 1. The Labute approximate surface area is 160 Å². The third kappa shape index (κ3) is 6.33. The van der Waals surface area contributed by atoms with Crippen LogP contribution in [-0.4, -0.2) is 71.6 Å². The second-order valence-corrected chi connectivity index (χ2v) is 6.40. The van der Waals surface area contributed by atoms with Crippen LogP contribution in [-0.2, 0) is 11.3 Å². The molecule has 1 aliphatic heterocycles. The Kier molecular flexibility index (Phi) is 7.61. The molecule has 0 aliphatic carbocycles. The van der Waals surface area contributed by atoms with Gasteiger partial charge in [-0.1, -0.05) is 0 Å². The van der Waals surface area contributed by atoms with E-state index < -0.39 is 0 Å². The highest BCUT2D eigenvalue weighted by molar-refractivity contribution is 5.79. The first-order chi connectivity index (χ1) is 13.3. The van der Waals surface area contributed by atoms with Crippen LogP contribution in [0.25, 0.3) is 5.82 Å². The Balaban J connectivity index is 1.48. The van der Waals surface area contributed by atoms with Crippen LogP contribution < -0.4 is 10.6 Å². The lowest BCUT2D eigenvalue weighted by Gasteiger charge is -2.26. The minimum atomic E-state index is 0.593. The van der Waals surface area contributed by atoms with Crippen LogP contribution in [0, 0.1) is 0 Å². The highest BCUT2D eigenvalue weighted by atomic mass is 16.5. The molecule has 1 saturated heterocycles. The van der Waals surface area contributed by atoms with Crippen molar-refractivity contribution >= 4 is 5.96 Å². The van der Waals surface area contributed by atoms with Gasteiger partial charge in [0, 0.05) is 44.8 Å². The molecular weight excluding hydrogens is 342 g/mol. The van der Waals surface area contributed by atoms with Crippen molar-refractivity contribution in [3.8, 4) is 5.82 Å². The predicted molar refractivity (Wildman–Crippen MR) is 106 cm³/mol. The molecule has 0 radical (unpaired) electrons. The van der Waals surface area contributed by atoms with Gasteiger partial charge in [-0.2, -0.15) is 5.10 Å². The first-order valence-corrected chi connectivity index (χ1v) is 9.62. The molecule has 0 saturated carbocycles. The van der Waals surface area contributed by atoms with E-state index in [1.54, 1.807) is 17.1 Å². The molecule has 2 aromatic heterocycles. The molecular formula is C19H29N7O. The van der Waals surface area contributed by atoms with Gasteiger partial charge < -0.3 is 15.4 Å². The van der Waals surface area contributed by atoms with Crippen molar-refractivity contribution in [2.75, 3.05) is 45.9 Å². The maximum absolute atomic E-state index is 5.39. The Bertz CT molecular complexity index is 696. The molecule has 1 fully saturated rings. The standard InChI is InChI=1S/C19H29N7O/c1-2-20-19(22-6-3-9-25-11-13-27-14-12-25)23-16-17-5-8-21-18(15-17)26-10-4-7-24-26/h4-5,7-8,10,15H,2-3,6,9,11-14,16H2,1H3,(H2,20,22,23). The van der Waals surface area contributed by atoms with Gasteiger partial charge in [0.15, 0.2) is 11.8 Å². The van der Waals surface area contributed by atoms with Crippen molar-refractivity contribution in [1.82, 2.24) is 30.3 Å². The summed E-state index contributed by atoms with van der Waals surface area (Å²) < 4.78 is 7.14. The number of hydrogen-bond donors (Lipinski definition) is 2. The van der Waals surface area contributed by atoms with Crippen LogP contribution in [0.5, 0.6) is 0 Å². The molecule has 8 heteroatoms. The third-order valence-corrected chi connectivity index (χ3v) is 4.36. The smallest absolute Gasteiger partial charge is 0.191 e. The molecule has 0 atom stereocenters. The molecule has 27 heavy (non-hydrogen) atoms. The van der Waals surface area contributed by atoms with E-state index >= 15 is 0 Å². The molecule has 0 amide bonds. The van der Waals surface area contributed by atoms with Gasteiger partial charge in [-0.3, -0.25) is 4.90 Å². The van der Waals surface area contributed by atoms with E-state index in [1.165, 1.54) is 0 Å². The van der Waals surface area contributed by atoms with Gasteiger partial charge in [0.25, 0.3) is 0 Å². The summed E-state index contributed by atoms with van der Waals surface area (Å²) >= 11 is 0. The van der Waals surface area contributed by atoms with Crippen molar-refractivity contribution in [3.63, 3.8) is 0 Å². The summed E-state index contributed by atoms with van der Waals surface area (Å²) in [5.41, 5.74) is 1.10. The summed E-state index contributed by atoms with van der Waals surface area (Å²) in [4.78, 5) is 11.5. The topological polar surface area (TPSA) is 79.6 Å². The number of ether oxygens (including phenoxy) is 1.